The van der Waals surface area contributed by atoms with Crippen molar-refractivity contribution in [3.05, 3.63) is 28.1 Å². The number of carbonyl (C=O) groups is 1. The molecule has 0 saturated heterocycles. The summed E-state index contributed by atoms with van der Waals surface area (Å²) in [5.41, 5.74) is 7.49. The van der Waals surface area contributed by atoms with Gasteiger partial charge in [0, 0.05) is 10.9 Å². The van der Waals surface area contributed by atoms with E-state index < -0.39 is 0 Å². The number of thiazole rings is 1. The highest BCUT2D eigenvalue weighted by Crippen LogP contribution is 2.21. The summed E-state index contributed by atoms with van der Waals surface area (Å²) in [6.45, 7) is 5.54. The summed E-state index contributed by atoms with van der Waals surface area (Å²) >= 11 is 1.24. The first-order valence-electron chi connectivity index (χ1n) is 5.43. The van der Waals surface area contributed by atoms with Crippen LogP contribution >= 0.6 is 11.3 Å². The molecule has 1 atom stereocenters. The van der Waals surface area contributed by atoms with Gasteiger partial charge in [0.1, 0.15) is 11.5 Å². The second kappa shape index (κ2) is 4.77. The minimum absolute atomic E-state index is 0.188. The number of nitrogens with one attached hydrogen (secondary N) is 1. The van der Waals surface area contributed by atoms with E-state index in [0.29, 0.717) is 16.6 Å². The molecule has 2 heterocycles. The molecule has 7 heteroatoms. The van der Waals surface area contributed by atoms with Crippen molar-refractivity contribution in [1.29, 1.82) is 0 Å². The van der Waals surface area contributed by atoms with Crippen LogP contribution in [0.25, 0.3) is 0 Å². The third-order valence-corrected chi connectivity index (χ3v) is 3.30. The Hall–Kier alpha value is -1.89. The Bertz CT molecular complexity index is 556. The summed E-state index contributed by atoms with van der Waals surface area (Å²) < 4.78 is 5.07. The predicted molar refractivity (Wildman–Crippen MR) is 68.4 cm³/mol. The average Bonchev–Trinajstić information content (AvgIpc) is 2.85. The average molecular weight is 266 g/mol. The lowest BCUT2D eigenvalue weighted by molar-refractivity contribution is 0.0935. The molecule has 0 spiro atoms. The summed E-state index contributed by atoms with van der Waals surface area (Å²) in [4.78, 5) is 15.8. The fourth-order valence-electron chi connectivity index (χ4n) is 1.84. The van der Waals surface area contributed by atoms with Gasteiger partial charge < -0.3 is 15.6 Å². The smallest absolute Gasteiger partial charge is 0.271 e. The Morgan fingerprint density at radius 2 is 2.28 bits per heavy atom. The summed E-state index contributed by atoms with van der Waals surface area (Å²) in [6.07, 6.45) is 0. The van der Waals surface area contributed by atoms with Crippen molar-refractivity contribution < 1.29 is 9.32 Å². The number of carbonyl (C=O) groups excluding carboxylic acids is 1. The second-order valence-electron chi connectivity index (χ2n) is 4.00. The molecule has 1 unspecified atom stereocenters. The van der Waals surface area contributed by atoms with Gasteiger partial charge in [-0.1, -0.05) is 5.16 Å². The standard InChI is InChI=1S/C11H14N4O2S/c1-5(9-6(2)15-17-7(9)3)13-10(16)8-4-18-11(12)14-8/h4-5H,1-3H3,(H2,12,14)(H,13,16). The van der Waals surface area contributed by atoms with Crippen LogP contribution in [0.4, 0.5) is 5.13 Å². The quantitative estimate of drug-likeness (QED) is 0.883. The van der Waals surface area contributed by atoms with Crippen LogP contribution in [0.1, 0.15) is 40.5 Å². The fraction of sp³-hybridized carbons (Fsp3) is 0.364. The van der Waals surface area contributed by atoms with E-state index in [4.69, 9.17) is 10.3 Å². The maximum Gasteiger partial charge on any atom is 0.271 e. The number of hydrogen-bond donors (Lipinski definition) is 2. The van der Waals surface area contributed by atoms with Crippen LogP contribution in [-0.4, -0.2) is 16.0 Å². The van der Waals surface area contributed by atoms with Gasteiger partial charge in [0.25, 0.3) is 5.91 Å². The van der Waals surface area contributed by atoms with Crippen LogP contribution in [0, 0.1) is 13.8 Å². The summed E-state index contributed by atoms with van der Waals surface area (Å²) in [5.74, 6) is 0.452. The van der Waals surface area contributed by atoms with Gasteiger partial charge in [0.2, 0.25) is 0 Å². The van der Waals surface area contributed by atoms with E-state index in [9.17, 15) is 4.79 Å². The van der Waals surface area contributed by atoms with Crippen molar-refractivity contribution in [1.82, 2.24) is 15.5 Å². The van der Waals surface area contributed by atoms with Crippen molar-refractivity contribution >= 4 is 22.4 Å². The summed E-state index contributed by atoms with van der Waals surface area (Å²) in [6, 6.07) is -0.188. The van der Waals surface area contributed by atoms with Crippen molar-refractivity contribution in [2.45, 2.75) is 26.8 Å². The monoisotopic (exact) mass is 266 g/mol. The zero-order valence-electron chi connectivity index (χ0n) is 10.4. The van der Waals surface area contributed by atoms with Gasteiger partial charge in [-0.2, -0.15) is 0 Å². The zero-order valence-corrected chi connectivity index (χ0v) is 11.2. The molecule has 2 aromatic rings. The number of nitrogens with zero attached hydrogens (tertiary/aromatic N) is 2. The highest BCUT2D eigenvalue weighted by molar-refractivity contribution is 7.13. The number of aryl methyl sites for hydroxylation is 2. The number of hydrogen-bond acceptors (Lipinski definition) is 6. The van der Waals surface area contributed by atoms with Gasteiger partial charge in [0.15, 0.2) is 5.13 Å². The third kappa shape index (κ3) is 2.35. The number of nitrogens with two attached hydrogens (primary N) is 1. The van der Waals surface area contributed by atoms with E-state index in [-0.39, 0.29) is 11.9 Å². The molecule has 0 aliphatic carbocycles. The molecule has 0 aliphatic rings. The molecular formula is C11H14N4O2S. The van der Waals surface area contributed by atoms with Crippen molar-refractivity contribution in [2.75, 3.05) is 5.73 Å². The molecule has 2 rings (SSSR count). The van der Waals surface area contributed by atoms with Crippen molar-refractivity contribution in [3.63, 3.8) is 0 Å². The first-order chi connectivity index (χ1) is 8.49. The number of amides is 1. The fourth-order valence-corrected chi connectivity index (χ4v) is 2.39. The SMILES string of the molecule is Cc1noc(C)c1C(C)NC(=O)c1csc(N)n1. The molecular weight excluding hydrogens is 252 g/mol. The second-order valence-corrected chi connectivity index (χ2v) is 4.89. The van der Waals surface area contributed by atoms with E-state index >= 15 is 0 Å². The lowest BCUT2D eigenvalue weighted by atomic mass is 10.1. The van der Waals surface area contributed by atoms with E-state index in [2.05, 4.69) is 15.5 Å². The Balaban J connectivity index is 2.13. The third-order valence-electron chi connectivity index (χ3n) is 2.62. The minimum atomic E-state index is -0.254. The minimum Gasteiger partial charge on any atom is -0.375 e. The number of nitrogen functional groups attached to an aromatic ring is 1. The maximum absolute atomic E-state index is 11.9. The van der Waals surface area contributed by atoms with Crippen molar-refractivity contribution in [3.8, 4) is 0 Å². The molecule has 0 radical (unpaired) electrons. The van der Waals surface area contributed by atoms with Crippen LogP contribution < -0.4 is 11.1 Å². The number of anilines is 1. The van der Waals surface area contributed by atoms with Gasteiger partial charge in [-0.3, -0.25) is 4.79 Å². The van der Waals surface area contributed by atoms with Crippen LogP contribution in [0.5, 0.6) is 0 Å². The Morgan fingerprint density at radius 1 is 1.56 bits per heavy atom. The first kappa shape index (κ1) is 12.6. The number of aromatic nitrogens is 2. The summed E-state index contributed by atoms with van der Waals surface area (Å²) in [5, 5.41) is 8.71. The maximum atomic E-state index is 11.9. The van der Waals surface area contributed by atoms with Gasteiger partial charge in [-0.25, -0.2) is 4.98 Å². The molecule has 0 bridgehead atoms. The molecule has 96 valence electrons. The van der Waals surface area contributed by atoms with E-state index in [1.54, 1.807) is 5.38 Å². The molecule has 0 aliphatic heterocycles. The highest BCUT2D eigenvalue weighted by atomic mass is 32.1. The molecule has 1 amide bonds. The molecule has 18 heavy (non-hydrogen) atoms. The summed E-state index contributed by atoms with van der Waals surface area (Å²) in [7, 11) is 0. The molecule has 0 fully saturated rings. The predicted octanol–water partition coefficient (Wildman–Crippen LogP) is 1.82. The Kier molecular flexibility index (Phi) is 3.33. The van der Waals surface area contributed by atoms with Gasteiger partial charge >= 0.3 is 0 Å². The highest BCUT2D eigenvalue weighted by Gasteiger charge is 2.19. The van der Waals surface area contributed by atoms with Crippen LogP contribution in [-0.2, 0) is 0 Å². The first-order valence-corrected chi connectivity index (χ1v) is 6.31. The van der Waals surface area contributed by atoms with Gasteiger partial charge in [-0.15, -0.1) is 11.3 Å². The topological polar surface area (TPSA) is 94.0 Å². The number of rotatable bonds is 3. The van der Waals surface area contributed by atoms with Crippen LogP contribution in [0.3, 0.4) is 0 Å². The molecule has 3 N–H and O–H groups in total. The van der Waals surface area contributed by atoms with E-state index in [1.807, 2.05) is 20.8 Å². The Labute approximate surface area is 108 Å². The van der Waals surface area contributed by atoms with E-state index in [0.717, 1.165) is 11.3 Å². The van der Waals surface area contributed by atoms with E-state index in [1.165, 1.54) is 11.3 Å². The molecule has 2 aromatic heterocycles. The lowest BCUT2D eigenvalue weighted by Crippen LogP contribution is -2.27. The lowest BCUT2D eigenvalue weighted by Gasteiger charge is -2.12. The van der Waals surface area contributed by atoms with Gasteiger partial charge in [-0.05, 0) is 20.8 Å². The normalized spacial score (nSPS) is 12.4. The molecule has 0 aromatic carbocycles. The van der Waals surface area contributed by atoms with Crippen LogP contribution in [0.2, 0.25) is 0 Å². The van der Waals surface area contributed by atoms with Crippen molar-refractivity contribution in [2.24, 2.45) is 0 Å². The largest absolute Gasteiger partial charge is 0.375 e. The van der Waals surface area contributed by atoms with Crippen LogP contribution in [0.15, 0.2) is 9.90 Å². The zero-order chi connectivity index (χ0) is 13.3. The van der Waals surface area contributed by atoms with Gasteiger partial charge in [0.05, 0.1) is 11.7 Å². The molecule has 6 nitrogen and oxygen atoms in total. The molecule has 0 saturated carbocycles. The Morgan fingerprint density at radius 3 is 2.78 bits per heavy atom.